The maximum atomic E-state index is 12.1. The maximum absolute atomic E-state index is 12.1. The number of benzene rings is 1. The Hall–Kier alpha value is -2.03. The highest BCUT2D eigenvalue weighted by Crippen LogP contribution is 2.36. The van der Waals surface area contributed by atoms with Gasteiger partial charge in [-0.15, -0.1) is 0 Å². The SMILES string of the molecule is CCC(CC)=C(CC)c1c(OC)oc(=O)c2ccccc12. The molecule has 0 aliphatic rings. The molecule has 112 valence electrons. The summed E-state index contributed by atoms with van der Waals surface area (Å²) in [6.07, 6.45) is 2.84. The molecule has 1 aromatic heterocycles. The van der Waals surface area contributed by atoms with Crippen LogP contribution in [-0.2, 0) is 0 Å². The number of ether oxygens (including phenoxy) is 1. The van der Waals surface area contributed by atoms with Crippen LogP contribution >= 0.6 is 0 Å². The molecular formula is C18H22O3. The lowest BCUT2D eigenvalue weighted by atomic mass is 9.92. The van der Waals surface area contributed by atoms with Gasteiger partial charge in [0.05, 0.1) is 18.1 Å². The minimum absolute atomic E-state index is 0.315. The van der Waals surface area contributed by atoms with E-state index in [-0.39, 0.29) is 5.63 Å². The number of fused-ring (bicyclic) bond motifs is 1. The predicted octanol–water partition coefficient (Wildman–Crippen LogP) is 4.79. The standard InChI is InChI=1S/C18H22O3/c1-5-12(6-2)13(7-3)16-14-10-8-9-11-15(14)17(19)21-18(16)20-4/h8-11H,5-7H2,1-4H3. The van der Waals surface area contributed by atoms with Crippen molar-refractivity contribution in [3.05, 3.63) is 45.8 Å². The Balaban J connectivity index is 2.93. The van der Waals surface area contributed by atoms with E-state index >= 15 is 0 Å². The van der Waals surface area contributed by atoms with Crippen LogP contribution in [0.5, 0.6) is 5.95 Å². The molecule has 0 amide bonds. The number of rotatable bonds is 5. The fourth-order valence-corrected chi connectivity index (χ4v) is 2.89. The van der Waals surface area contributed by atoms with Gasteiger partial charge in [0.25, 0.3) is 5.95 Å². The number of hydrogen-bond donors (Lipinski definition) is 0. The van der Waals surface area contributed by atoms with E-state index in [1.54, 1.807) is 13.2 Å². The quantitative estimate of drug-likeness (QED) is 0.793. The molecule has 21 heavy (non-hydrogen) atoms. The lowest BCUT2D eigenvalue weighted by Crippen LogP contribution is -2.05. The third kappa shape index (κ3) is 2.73. The number of methoxy groups -OCH3 is 1. The molecule has 0 fully saturated rings. The zero-order chi connectivity index (χ0) is 15.4. The molecule has 0 saturated carbocycles. The topological polar surface area (TPSA) is 39.4 Å². The Labute approximate surface area is 125 Å². The molecule has 0 aliphatic carbocycles. The van der Waals surface area contributed by atoms with Gasteiger partial charge in [-0.2, -0.15) is 0 Å². The van der Waals surface area contributed by atoms with E-state index in [1.165, 1.54) is 11.1 Å². The summed E-state index contributed by atoms with van der Waals surface area (Å²) in [6.45, 7) is 6.44. The second kappa shape index (κ2) is 6.61. The van der Waals surface area contributed by atoms with E-state index in [1.807, 2.05) is 18.2 Å². The first-order valence-electron chi connectivity index (χ1n) is 7.48. The van der Waals surface area contributed by atoms with Crippen molar-refractivity contribution in [1.82, 2.24) is 0 Å². The van der Waals surface area contributed by atoms with Crippen LogP contribution in [0, 0.1) is 0 Å². The summed E-state index contributed by atoms with van der Waals surface area (Å²) in [4.78, 5) is 12.1. The first-order valence-corrected chi connectivity index (χ1v) is 7.48. The highest BCUT2D eigenvalue weighted by Gasteiger charge is 2.18. The van der Waals surface area contributed by atoms with Crippen LogP contribution < -0.4 is 10.4 Å². The van der Waals surface area contributed by atoms with Crippen molar-refractivity contribution < 1.29 is 9.15 Å². The third-order valence-electron chi connectivity index (χ3n) is 3.93. The summed E-state index contributed by atoms with van der Waals surface area (Å²) in [6, 6.07) is 7.55. The minimum atomic E-state index is -0.351. The molecule has 2 aromatic rings. The summed E-state index contributed by atoms with van der Waals surface area (Å²) in [7, 11) is 1.54. The average Bonchev–Trinajstić information content (AvgIpc) is 2.53. The van der Waals surface area contributed by atoms with Crippen LogP contribution in [0.4, 0.5) is 0 Å². The molecule has 3 heteroatoms. The van der Waals surface area contributed by atoms with Crippen molar-refractivity contribution >= 4 is 16.3 Å². The van der Waals surface area contributed by atoms with Crippen molar-refractivity contribution in [2.24, 2.45) is 0 Å². The summed E-state index contributed by atoms with van der Waals surface area (Å²) in [5.41, 5.74) is 3.16. The van der Waals surface area contributed by atoms with Gasteiger partial charge in [-0.3, -0.25) is 0 Å². The van der Waals surface area contributed by atoms with Crippen LogP contribution in [-0.4, -0.2) is 7.11 Å². The van der Waals surface area contributed by atoms with E-state index < -0.39 is 0 Å². The van der Waals surface area contributed by atoms with Gasteiger partial charge in [-0.1, -0.05) is 44.5 Å². The van der Waals surface area contributed by atoms with Gasteiger partial charge in [-0.05, 0) is 30.9 Å². The molecule has 2 rings (SSSR count). The van der Waals surface area contributed by atoms with E-state index in [9.17, 15) is 4.79 Å². The smallest absolute Gasteiger partial charge is 0.346 e. The van der Waals surface area contributed by atoms with Crippen LogP contribution in [0.1, 0.15) is 45.6 Å². The van der Waals surface area contributed by atoms with Crippen LogP contribution in [0.3, 0.4) is 0 Å². The number of hydrogen-bond acceptors (Lipinski definition) is 3. The van der Waals surface area contributed by atoms with E-state index in [0.717, 1.165) is 30.2 Å². The first-order chi connectivity index (χ1) is 10.2. The molecule has 0 aliphatic heterocycles. The molecule has 0 unspecified atom stereocenters. The van der Waals surface area contributed by atoms with Crippen LogP contribution in [0.15, 0.2) is 39.1 Å². The van der Waals surface area contributed by atoms with Gasteiger partial charge in [0, 0.05) is 5.39 Å². The summed E-state index contributed by atoms with van der Waals surface area (Å²) in [5.74, 6) is 0.315. The highest BCUT2D eigenvalue weighted by atomic mass is 16.6. The molecule has 0 radical (unpaired) electrons. The predicted molar refractivity (Wildman–Crippen MR) is 86.8 cm³/mol. The van der Waals surface area contributed by atoms with Crippen LogP contribution in [0.25, 0.3) is 16.3 Å². The molecule has 1 aromatic carbocycles. The largest absolute Gasteiger partial charge is 0.468 e. The summed E-state index contributed by atoms with van der Waals surface area (Å²) < 4.78 is 10.7. The maximum Gasteiger partial charge on any atom is 0.346 e. The molecular weight excluding hydrogens is 264 g/mol. The summed E-state index contributed by atoms with van der Waals surface area (Å²) in [5, 5.41) is 1.51. The van der Waals surface area contributed by atoms with Crippen molar-refractivity contribution in [2.45, 2.75) is 40.0 Å². The Morgan fingerprint density at radius 2 is 1.67 bits per heavy atom. The van der Waals surface area contributed by atoms with E-state index in [4.69, 9.17) is 9.15 Å². The molecule has 0 atom stereocenters. The Morgan fingerprint density at radius 3 is 2.19 bits per heavy atom. The second-order valence-electron chi connectivity index (χ2n) is 4.94. The molecule has 0 bridgehead atoms. The molecule has 0 N–H and O–H groups in total. The zero-order valence-electron chi connectivity index (χ0n) is 13.2. The molecule has 1 heterocycles. The highest BCUT2D eigenvalue weighted by molar-refractivity contribution is 5.95. The van der Waals surface area contributed by atoms with Gasteiger partial charge in [0.15, 0.2) is 0 Å². The van der Waals surface area contributed by atoms with Crippen LogP contribution in [0.2, 0.25) is 0 Å². The van der Waals surface area contributed by atoms with Gasteiger partial charge >= 0.3 is 5.63 Å². The lowest BCUT2D eigenvalue weighted by Gasteiger charge is -2.16. The lowest BCUT2D eigenvalue weighted by molar-refractivity contribution is 0.288. The van der Waals surface area contributed by atoms with E-state index in [0.29, 0.717) is 11.3 Å². The Bertz CT molecular complexity index is 717. The van der Waals surface area contributed by atoms with Crippen molar-refractivity contribution in [1.29, 1.82) is 0 Å². The minimum Gasteiger partial charge on any atom is -0.468 e. The number of allylic oxidation sites excluding steroid dienone is 2. The molecule has 3 nitrogen and oxygen atoms in total. The third-order valence-corrected chi connectivity index (χ3v) is 3.93. The van der Waals surface area contributed by atoms with Crippen molar-refractivity contribution in [3.63, 3.8) is 0 Å². The molecule has 0 spiro atoms. The summed E-state index contributed by atoms with van der Waals surface area (Å²) >= 11 is 0. The fourth-order valence-electron chi connectivity index (χ4n) is 2.89. The van der Waals surface area contributed by atoms with Gasteiger partial charge in [0.2, 0.25) is 0 Å². The van der Waals surface area contributed by atoms with Gasteiger partial charge in [0.1, 0.15) is 0 Å². The van der Waals surface area contributed by atoms with Gasteiger partial charge < -0.3 is 9.15 Å². The zero-order valence-corrected chi connectivity index (χ0v) is 13.2. The molecule has 0 saturated heterocycles. The Morgan fingerprint density at radius 1 is 1.05 bits per heavy atom. The fraction of sp³-hybridized carbons (Fsp3) is 0.389. The van der Waals surface area contributed by atoms with Crippen molar-refractivity contribution in [2.75, 3.05) is 7.11 Å². The average molecular weight is 286 g/mol. The normalized spacial score (nSPS) is 10.7. The monoisotopic (exact) mass is 286 g/mol. The van der Waals surface area contributed by atoms with Crippen molar-refractivity contribution in [3.8, 4) is 5.95 Å². The Kier molecular flexibility index (Phi) is 4.84. The first kappa shape index (κ1) is 15.4. The van der Waals surface area contributed by atoms with Gasteiger partial charge in [-0.25, -0.2) is 4.79 Å². The second-order valence-corrected chi connectivity index (χ2v) is 4.94. The van der Waals surface area contributed by atoms with E-state index in [2.05, 4.69) is 20.8 Å².